The maximum atomic E-state index is 12.5. The molecule has 6 nitrogen and oxygen atoms in total. The molecule has 2 saturated carbocycles. The molecule has 2 fully saturated rings. The summed E-state index contributed by atoms with van der Waals surface area (Å²) >= 11 is 0. The first-order valence-corrected chi connectivity index (χ1v) is 8.19. The van der Waals surface area contributed by atoms with Gasteiger partial charge in [0.15, 0.2) is 0 Å². The van der Waals surface area contributed by atoms with Crippen molar-refractivity contribution < 1.29 is 14.7 Å². The molecule has 3 N–H and O–H groups in total. The third kappa shape index (κ3) is 3.28. The number of nitrogens with zero attached hydrogens (tertiary/aromatic N) is 1. The molecule has 1 aromatic rings. The molecule has 2 aliphatic rings. The van der Waals surface area contributed by atoms with Gasteiger partial charge in [0.25, 0.3) is 0 Å². The van der Waals surface area contributed by atoms with E-state index >= 15 is 0 Å². The minimum atomic E-state index is -0.466. The number of nitrogens with one attached hydrogen (secondary N) is 2. The third-order valence-corrected chi connectivity index (χ3v) is 4.91. The molecule has 6 heteroatoms. The minimum Gasteiger partial charge on any atom is -0.445 e. The predicted molar refractivity (Wildman–Crippen MR) is 90.2 cm³/mol. The normalized spacial score (nSPS) is 23.0. The van der Waals surface area contributed by atoms with Gasteiger partial charge in [-0.25, -0.2) is 4.79 Å². The highest BCUT2D eigenvalue weighted by molar-refractivity contribution is 5.87. The number of hydrogen-bond donors (Lipinski definition) is 3. The summed E-state index contributed by atoms with van der Waals surface area (Å²) in [6, 6.07) is 10.2. The second-order valence-corrected chi connectivity index (χ2v) is 6.58. The lowest BCUT2D eigenvalue weighted by atomic mass is 10.0. The first kappa shape index (κ1) is 16.5. The molecule has 0 bridgehead atoms. The minimum absolute atomic E-state index is 0.0703. The molecular weight excluding hydrogens is 306 g/mol. The lowest BCUT2D eigenvalue weighted by Gasteiger charge is -2.27. The van der Waals surface area contributed by atoms with Crippen molar-refractivity contribution in [2.24, 2.45) is 5.41 Å². The standard InChI is InChI=1S/C18H23N3O3/c1-2-10-24-17(22)21(12-18(8-9-18)16(19)20-23)15-11-14(15)13-6-4-3-5-7-13/h2-7,14-15,23H,1,8-12H2,(H2,19,20). The van der Waals surface area contributed by atoms with Crippen LogP contribution in [0.2, 0.25) is 0 Å². The zero-order valence-electron chi connectivity index (χ0n) is 13.6. The first-order valence-electron chi connectivity index (χ1n) is 8.19. The lowest BCUT2D eigenvalue weighted by molar-refractivity contribution is 0.102. The van der Waals surface area contributed by atoms with E-state index in [4.69, 9.17) is 15.4 Å². The van der Waals surface area contributed by atoms with Crippen molar-refractivity contribution in [3.8, 4) is 0 Å². The third-order valence-electron chi connectivity index (χ3n) is 4.91. The summed E-state index contributed by atoms with van der Waals surface area (Å²) in [5, 5.41) is 17.0. The van der Waals surface area contributed by atoms with Gasteiger partial charge in [0.2, 0.25) is 0 Å². The first-order chi connectivity index (χ1) is 11.6. The van der Waals surface area contributed by atoms with E-state index in [1.807, 2.05) is 23.7 Å². The topological polar surface area (TPSA) is 85.7 Å². The zero-order valence-corrected chi connectivity index (χ0v) is 13.6. The molecule has 0 radical (unpaired) electrons. The molecule has 128 valence electrons. The van der Waals surface area contributed by atoms with Gasteiger partial charge in [-0.15, -0.1) is 0 Å². The SMILES string of the molecule is C=CCOC(=O)N(CC1(C(=N)NO)CC1)C1CC1c1ccccc1. The summed E-state index contributed by atoms with van der Waals surface area (Å²) in [6.07, 6.45) is 3.63. The molecule has 2 aliphatic carbocycles. The Hall–Kier alpha value is -2.34. The van der Waals surface area contributed by atoms with E-state index in [9.17, 15) is 4.79 Å². The number of hydroxylamine groups is 1. The Morgan fingerprint density at radius 3 is 2.75 bits per heavy atom. The fourth-order valence-corrected chi connectivity index (χ4v) is 3.20. The number of amides is 1. The van der Waals surface area contributed by atoms with Gasteiger partial charge < -0.3 is 9.64 Å². The van der Waals surface area contributed by atoms with Crippen molar-refractivity contribution >= 4 is 11.9 Å². The van der Waals surface area contributed by atoms with Gasteiger partial charge in [-0.2, -0.15) is 0 Å². The smallest absolute Gasteiger partial charge is 0.410 e. The number of amidine groups is 1. The quantitative estimate of drug-likeness (QED) is 0.311. The van der Waals surface area contributed by atoms with E-state index in [1.165, 1.54) is 5.56 Å². The number of ether oxygens (including phenoxy) is 1. The monoisotopic (exact) mass is 329 g/mol. The van der Waals surface area contributed by atoms with Crippen molar-refractivity contribution in [1.82, 2.24) is 10.4 Å². The Morgan fingerprint density at radius 2 is 2.17 bits per heavy atom. The van der Waals surface area contributed by atoms with Crippen molar-refractivity contribution in [3.05, 3.63) is 48.6 Å². The Bertz CT molecular complexity index is 628. The van der Waals surface area contributed by atoms with E-state index < -0.39 is 5.41 Å². The van der Waals surface area contributed by atoms with E-state index in [0.717, 1.165) is 19.3 Å². The molecule has 0 heterocycles. The number of hydrogen-bond acceptors (Lipinski definition) is 4. The van der Waals surface area contributed by atoms with E-state index in [2.05, 4.69) is 18.7 Å². The second kappa shape index (κ2) is 6.65. The van der Waals surface area contributed by atoms with Crippen LogP contribution in [0.4, 0.5) is 4.79 Å². The molecule has 1 amide bonds. The average molecular weight is 329 g/mol. The van der Waals surface area contributed by atoms with E-state index in [-0.39, 0.29) is 24.6 Å². The van der Waals surface area contributed by atoms with Crippen molar-refractivity contribution in [2.75, 3.05) is 13.2 Å². The summed E-state index contributed by atoms with van der Waals surface area (Å²) in [6.45, 7) is 4.13. The highest BCUT2D eigenvalue weighted by atomic mass is 16.6. The van der Waals surface area contributed by atoms with Crippen LogP contribution in [0, 0.1) is 10.8 Å². The highest BCUT2D eigenvalue weighted by Gasteiger charge is 2.54. The Morgan fingerprint density at radius 1 is 1.46 bits per heavy atom. The van der Waals surface area contributed by atoms with Crippen LogP contribution >= 0.6 is 0 Å². The summed E-state index contributed by atoms with van der Waals surface area (Å²) < 4.78 is 5.24. The molecule has 0 aromatic heterocycles. The number of rotatable bonds is 7. The van der Waals surface area contributed by atoms with Gasteiger partial charge in [0.05, 0.1) is 0 Å². The molecule has 0 aliphatic heterocycles. The van der Waals surface area contributed by atoms with Crippen LogP contribution in [0.25, 0.3) is 0 Å². The van der Waals surface area contributed by atoms with Crippen LogP contribution in [0.5, 0.6) is 0 Å². The van der Waals surface area contributed by atoms with Crippen molar-refractivity contribution in [1.29, 1.82) is 5.41 Å². The molecule has 0 spiro atoms. The van der Waals surface area contributed by atoms with Gasteiger partial charge in [0, 0.05) is 23.9 Å². The summed E-state index contributed by atoms with van der Waals surface area (Å²) in [5.41, 5.74) is 2.69. The summed E-state index contributed by atoms with van der Waals surface area (Å²) in [5.74, 6) is 0.371. The Balaban J connectivity index is 1.73. The molecule has 0 saturated heterocycles. The van der Waals surface area contributed by atoms with Gasteiger partial charge in [0.1, 0.15) is 12.4 Å². The fourth-order valence-electron chi connectivity index (χ4n) is 3.20. The highest BCUT2D eigenvalue weighted by Crippen LogP contribution is 2.51. The second-order valence-electron chi connectivity index (χ2n) is 6.58. The van der Waals surface area contributed by atoms with Gasteiger partial charge >= 0.3 is 6.09 Å². The molecule has 3 rings (SSSR count). The van der Waals surface area contributed by atoms with E-state index in [1.54, 1.807) is 11.0 Å². The van der Waals surface area contributed by atoms with Crippen LogP contribution in [0.15, 0.2) is 43.0 Å². The molecular formula is C18H23N3O3. The van der Waals surface area contributed by atoms with Gasteiger partial charge in [-0.3, -0.25) is 16.1 Å². The van der Waals surface area contributed by atoms with Crippen LogP contribution in [0.3, 0.4) is 0 Å². The predicted octanol–water partition coefficient (Wildman–Crippen LogP) is 2.90. The molecule has 24 heavy (non-hydrogen) atoms. The number of benzene rings is 1. The summed E-state index contributed by atoms with van der Waals surface area (Å²) in [4.78, 5) is 14.2. The van der Waals surface area contributed by atoms with Gasteiger partial charge in [-0.05, 0) is 24.8 Å². The largest absolute Gasteiger partial charge is 0.445 e. The number of carbonyl (C=O) groups is 1. The molecule has 2 atom stereocenters. The lowest BCUT2D eigenvalue weighted by Crippen LogP contribution is -2.43. The number of carbonyl (C=O) groups excluding carboxylic acids is 1. The Kier molecular flexibility index (Phi) is 4.57. The molecule has 2 unspecified atom stereocenters. The molecule has 1 aromatic carbocycles. The van der Waals surface area contributed by atoms with Crippen molar-refractivity contribution in [2.45, 2.75) is 31.2 Å². The summed E-state index contributed by atoms with van der Waals surface area (Å²) in [7, 11) is 0. The van der Waals surface area contributed by atoms with E-state index in [0.29, 0.717) is 12.5 Å². The van der Waals surface area contributed by atoms with Crippen LogP contribution in [-0.4, -0.2) is 41.2 Å². The maximum Gasteiger partial charge on any atom is 0.410 e. The van der Waals surface area contributed by atoms with Gasteiger partial charge in [-0.1, -0.05) is 43.0 Å². The van der Waals surface area contributed by atoms with Crippen molar-refractivity contribution in [3.63, 3.8) is 0 Å². The van der Waals surface area contributed by atoms with Crippen LogP contribution < -0.4 is 5.48 Å². The average Bonchev–Trinajstić information content (AvgIpc) is 3.52. The maximum absolute atomic E-state index is 12.5. The zero-order chi connectivity index (χ0) is 17.2. The van der Waals surface area contributed by atoms with Crippen LogP contribution in [0.1, 0.15) is 30.7 Å². The van der Waals surface area contributed by atoms with Crippen LogP contribution in [-0.2, 0) is 4.74 Å². The fraction of sp³-hybridized carbons (Fsp3) is 0.444. The Labute approximate surface area is 141 Å².